The number of carbonyl (C=O) groups excluding carboxylic acids is 2. The molecule has 50 heavy (non-hydrogen) atoms. The molecule has 5 rings (SSSR count). The van der Waals surface area contributed by atoms with Crippen LogP contribution in [0.1, 0.15) is 78.9 Å². The number of likely N-dealkylation sites (N-methyl/N-ethyl adjacent to an activating group) is 1. The second-order valence-electron chi connectivity index (χ2n) is 12.8. The normalized spacial score (nSPS) is 18.7. The number of ether oxygens (including phenoxy) is 2. The Morgan fingerprint density at radius 1 is 0.860 bits per heavy atom. The number of nitrogens with one attached hydrogen (secondary N) is 2. The summed E-state index contributed by atoms with van der Waals surface area (Å²) in [6.07, 6.45) is -0.483. The summed E-state index contributed by atoms with van der Waals surface area (Å²) in [6.45, 7) is 2.91. The van der Waals surface area contributed by atoms with Crippen LogP contribution in [0, 0.1) is 0 Å². The van der Waals surface area contributed by atoms with Crippen LogP contribution in [0.4, 0.5) is 0 Å². The number of carbonyl (C=O) groups is 2. The van der Waals surface area contributed by atoms with Gasteiger partial charge in [0.15, 0.2) is 6.29 Å². The molecule has 2 amide bonds. The number of amides is 2. The van der Waals surface area contributed by atoms with E-state index in [2.05, 4.69) is 10.2 Å². The van der Waals surface area contributed by atoms with E-state index in [9.17, 15) is 19.8 Å². The highest BCUT2D eigenvalue weighted by molar-refractivity contribution is 5.78. The number of hydroxylamine groups is 1. The Hall–Kier alpha value is -4.42. The van der Waals surface area contributed by atoms with Crippen LogP contribution in [-0.2, 0) is 32.2 Å². The third-order valence-corrected chi connectivity index (χ3v) is 9.32. The molecule has 1 saturated heterocycles. The first kappa shape index (κ1) is 36.9. The first-order valence-electron chi connectivity index (χ1n) is 17.1. The van der Waals surface area contributed by atoms with Gasteiger partial charge in [-0.05, 0) is 53.8 Å². The summed E-state index contributed by atoms with van der Waals surface area (Å²) in [5.41, 5.74) is 8.07. The Morgan fingerprint density at radius 3 is 2.22 bits per heavy atom. The molecule has 10 heteroatoms. The van der Waals surface area contributed by atoms with E-state index in [1.165, 1.54) is 0 Å². The zero-order chi connectivity index (χ0) is 35.5. The predicted molar refractivity (Wildman–Crippen MR) is 189 cm³/mol. The van der Waals surface area contributed by atoms with E-state index >= 15 is 0 Å². The number of hydrogen-bond donors (Lipinski definition) is 5. The molecule has 264 valence electrons. The van der Waals surface area contributed by atoms with Gasteiger partial charge in [-0.2, -0.15) is 0 Å². The van der Waals surface area contributed by atoms with Gasteiger partial charge in [-0.25, -0.2) is 5.48 Å². The lowest BCUT2D eigenvalue weighted by atomic mass is 9.97. The molecule has 0 aromatic heterocycles. The van der Waals surface area contributed by atoms with Gasteiger partial charge in [0.05, 0.1) is 24.9 Å². The zero-order valence-electron chi connectivity index (χ0n) is 28.6. The van der Waals surface area contributed by atoms with E-state index in [1.54, 1.807) is 5.48 Å². The maximum absolute atomic E-state index is 12.4. The Labute approximate surface area is 293 Å². The number of nitrogens with zero attached hydrogens (tertiary/aromatic N) is 1. The molecule has 1 aliphatic heterocycles. The first-order valence-corrected chi connectivity index (χ1v) is 17.1. The molecule has 0 aliphatic carbocycles. The fourth-order valence-electron chi connectivity index (χ4n) is 6.21. The van der Waals surface area contributed by atoms with Crippen molar-refractivity contribution in [2.24, 2.45) is 0 Å². The maximum atomic E-state index is 12.4. The van der Waals surface area contributed by atoms with Crippen LogP contribution < -0.4 is 10.8 Å². The summed E-state index contributed by atoms with van der Waals surface area (Å²) in [5.74, 6) is -0.684. The average Bonchev–Trinajstić information content (AvgIpc) is 3.16. The largest absolute Gasteiger partial charge is 0.392 e. The number of aliphatic hydroxyl groups is 2. The van der Waals surface area contributed by atoms with Crippen molar-refractivity contribution in [1.82, 2.24) is 15.7 Å². The van der Waals surface area contributed by atoms with Gasteiger partial charge in [-0.15, -0.1) is 0 Å². The SMILES string of the molecule is C[C@H]([C@@H](O)c1ccccc1)N(C)C[C@@H]1C[C@H](c2ccc(CO)cc2)O[C@H](c2ccc(-c3ccccc3CNC(=O)CCCC(=O)NO)cc2)O1. The Bertz CT molecular complexity index is 1670. The summed E-state index contributed by atoms with van der Waals surface area (Å²) in [5, 5.41) is 32.2. The highest BCUT2D eigenvalue weighted by atomic mass is 16.7. The minimum Gasteiger partial charge on any atom is -0.392 e. The Morgan fingerprint density at radius 2 is 1.52 bits per heavy atom. The van der Waals surface area contributed by atoms with Gasteiger partial charge in [0, 0.05) is 44.0 Å². The third-order valence-electron chi connectivity index (χ3n) is 9.32. The molecule has 5 N–H and O–H groups in total. The molecule has 5 atom stereocenters. The number of rotatable bonds is 15. The molecule has 10 nitrogen and oxygen atoms in total. The predicted octanol–water partition coefficient (Wildman–Crippen LogP) is 5.74. The van der Waals surface area contributed by atoms with Gasteiger partial charge >= 0.3 is 0 Å². The topological polar surface area (TPSA) is 141 Å². The van der Waals surface area contributed by atoms with E-state index in [4.69, 9.17) is 14.7 Å². The zero-order valence-corrected chi connectivity index (χ0v) is 28.6. The van der Waals surface area contributed by atoms with Gasteiger partial charge in [0.25, 0.3) is 0 Å². The van der Waals surface area contributed by atoms with E-state index < -0.39 is 18.3 Å². The number of aliphatic hydroxyl groups excluding tert-OH is 2. The fraction of sp³-hybridized carbons (Fsp3) is 0.350. The standard InChI is InChI=1S/C40H47N3O7/c1-27(39(47)31-9-4-3-5-10-31)43(2)25-34-23-36(30-17-15-28(26-44)16-18-30)50-40(49-34)32-21-19-29(20-22-32)35-12-7-6-11-33(35)24-41-37(45)13-8-14-38(46)42-48/h3-7,9-12,15-22,27,34,36,39-40,44,47-48H,8,13-14,23-26H2,1-2H3,(H,41,45)(H,42,46)/t27-,34+,36-,39-,40-/m1/s1. The molecule has 0 unspecified atom stereocenters. The Balaban J connectivity index is 1.29. The van der Waals surface area contributed by atoms with E-state index in [0.29, 0.717) is 25.9 Å². The maximum Gasteiger partial charge on any atom is 0.243 e. The number of hydrogen-bond acceptors (Lipinski definition) is 8. The van der Waals surface area contributed by atoms with Crippen molar-refractivity contribution >= 4 is 11.8 Å². The van der Waals surface area contributed by atoms with Crippen molar-refractivity contribution in [2.75, 3.05) is 13.6 Å². The van der Waals surface area contributed by atoms with E-state index in [0.717, 1.165) is 38.9 Å². The van der Waals surface area contributed by atoms with Crippen LogP contribution in [0.2, 0.25) is 0 Å². The summed E-state index contributed by atoms with van der Waals surface area (Å²) in [6, 6.07) is 33.2. The van der Waals surface area contributed by atoms with Crippen LogP contribution in [-0.4, -0.2) is 57.9 Å². The quantitative estimate of drug-likeness (QED) is 0.0791. The minimum absolute atomic E-state index is 0.0278. The minimum atomic E-state index is -0.650. The lowest BCUT2D eigenvalue weighted by molar-refractivity contribution is -0.253. The molecule has 1 aliphatic rings. The molecule has 0 spiro atoms. The van der Waals surface area contributed by atoms with Crippen LogP contribution in [0.3, 0.4) is 0 Å². The van der Waals surface area contributed by atoms with Crippen molar-refractivity contribution in [1.29, 1.82) is 0 Å². The monoisotopic (exact) mass is 681 g/mol. The highest BCUT2D eigenvalue weighted by Gasteiger charge is 2.34. The van der Waals surface area contributed by atoms with Crippen molar-refractivity contribution in [3.8, 4) is 11.1 Å². The number of benzene rings is 4. The van der Waals surface area contributed by atoms with Crippen molar-refractivity contribution in [3.05, 3.63) is 131 Å². The van der Waals surface area contributed by atoms with Crippen molar-refractivity contribution in [3.63, 3.8) is 0 Å². The highest BCUT2D eigenvalue weighted by Crippen LogP contribution is 2.39. The Kier molecular flexibility index (Phi) is 13.3. The van der Waals surface area contributed by atoms with E-state index in [-0.39, 0.29) is 43.6 Å². The fourth-order valence-corrected chi connectivity index (χ4v) is 6.21. The average molecular weight is 682 g/mol. The van der Waals surface area contributed by atoms with Gasteiger partial charge in [-0.1, -0.05) is 103 Å². The second kappa shape index (κ2) is 18.0. The third kappa shape index (κ3) is 9.85. The second-order valence-corrected chi connectivity index (χ2v) is 12.8. The molecule has 4 aromatic rings. The summed E-state index contributed by atoms with van der Waals surface area (Å²) < 4.78 is 13.2. The van der Waals surface area contributed by atoms with Gasteiger partial charge in [-0.3, -0.25) is 19.7 Å². The lowest BCUT2D eigenvalue weighted by Crippen LogP contribution is -2.43. The van der Waals surface area contributed by atoms with Crippen LogP contribution in [0.5, 0.6) is 0 Å². The van der Waals surface area contributed by atoms with E-state index in [1.807, 2.05) is 117 Å². The molecular weight excluding hydrogens is 634 g/mol. The van der Waals surface area contributed by atoms with Gasteiger partial charge in [0.2, 0.25) is 11.8 Å². The molecule has 4 aromatic carbocycles. The van der Waals surface area contributed by atoms with Crippen LogP contribution in [0.25, 0.3) is 11.1 Å². The smallest absolute Gasteiger partial charge is 0.243 e. The molecule has 0 bridgehead atoms. The van der Waals surface area contributed by atoms with Crippen LogP contribution in [0.15, 0.2) is 103 Å². The van der Waals surface area contributed by atoms with Crippen molar-refractivity contribution in [2.45, 2.75) is 76.4 Å². The first-order chi connectivity index (χ1) is 24.2. The summed E-state index contributed by atoms with van der Waals surface area (Å²) >= 11 is 0. The molecule has 0 saturated carbocycles. The van der Waals surface area contributed by atoms with Crippen LogP contribution >= 0.6 is 0 Å². The molecule has 1 heterocycles. The van der Waals surface area contributed by atoms with Gasteiger partial charge < -0.3 is 25.0 Å². The molecular formula is C40H47N3O7. The van der Waals surface area contributed by atoms with Gasteiger partial charge in [0.1, 0.15) is 0 Å². The lowest BCUT2D eigenvalue weighted by Gasteiger charge is -2.39. The summed E-state index contributed by atoms with van der Waals surface area (Å²) in [7, 11) is 2.00. The molecule has 0 radical (unpaired) electrons. The molecule has 1 fully saturated rings. The van der Waals surface area contributed by atoms with Crippen molar-refractivity contribution < 1.29 is 34.5 Å². The summed E-state index contributed by atoms with van der Waals surface area (Å²) in [4.78, 5) is 25.7.